The Labute approximate surface area is 183 Å². The number of benzene rings is 1. The highest BCUT2D eigenvalue weighted by Crippen LogP contribution is 2.24. The Morgan fingerprint density at radius 1 is 1.06 bits per heavy atom. The summed E-state index contributed by atoms with van der Waals surface area (Å²) in [6, 6.07) is 9.94. The van der Waals surface area contributed by atoms with Crippen molar-refractivity contribution in [3.63, 3.8) is 0 Å². The molecule has 0 spiro atoms. The second kappa shape index (κ2) is 11.6. The maximum absolute atomic E-state index is 12.5. The van der Waals surface area contributed by atoms with E-state index in [9.17, 15) is 13.2 Å². The number of rotatable bonds is 7. The summed E-state index contributed by atoms with van der Waals surface area (Å²) in [6.45, 7) is 5.68. The van der Waals surface area contributed by atoms with Crippen LogP contribution in [-0.4, -0.2) is 73.9 Å². The van der Waals surface area contributed by atoms with E-state index in [0.717, 1.165) is 63.4 Å². The van der Waals surface area contributed by atoms with Crippen molar-refractivity contribution < 1.29 is 17.9 Å². The molecule has 1 aromatic carbocycles. The van der Waals surface area contributed by atoms with Gasteiger partial charge in [-0.1, -0.05) is 18.2 Å². The highest BCUT2D eigenvalue weighted by atomic mass is 19.4. The maximum Gasteiger partial charge on any atom is 0.401 e. The van der Waals surface area contributed by atoms with Crippen molar-refractivity contribution in [1.29, 1.82) is 0 Å². The van der Waals surface area contributed by atoms with Gasteiger partial charge >= 0.3 is 6.18 Å². The SMILES string of the molecule is CCNC(=NCCC1CCN(CC(F)(F)F)CC1)N1CCC(Oc2ccccc2)CC1. The topological polar surface area (TPSA) is 40.1 Å². The van der Waals surface area contributed by atoms with E-state index < -0.39 is 12.7 Å². The Bertz CT molecular complexity index is 667. The molecule has 3 rings (SSSR count). The van der Waals surface area contributed by atoms with Gasteiger partial charge in [-0.15, -0.1) is 0 Å². The predicted octanol–water partition coefficient (Wildman–Crippen LogP) is 4.16. The van der Waals surface area contributed by atoms with Gasteiger partial charge in [0.05, 0.1) is 6.54 Å². The average molecular weight is 441 g/mol. The fourth-order valence-corrected chi connectivity index (χ4v) is 4.34. The number of alkyl halides is 3. The van der Waals surface area contributed by atoms with E-state index in [-0.39, 0.29) is 6.10 Å². The molecular formula is C23H35F3N4O. The van der Waals surface area contributed by atoms with Gasteiger partial charge in [0.25, 0.3) is 0 Å². The molecule has 2 aliphatic heterocycles. The summed E-state index contributed by atoms with van der Waals surface area (Å²) in [7, 11) is 0. The first-order valence-corrected chi connectivity index (χ1v) is 11.5. The minimum absolute atomic E-state index is 0.225. The van der Waals surface area contributed by atoms with E-state index in [2.05, 4.69) is 17.1 Å². The number of likely N-dealkylation sites (tertiary alicyclic amines) is 2. The summed E-state index contributed by atoms with van der Waals surface area (Å²) in [5, 5.41) is 3.39. The second-order valence-electron chi connectivity index (χ2n) is 8.48. The lowest BCUT2D eigenvalue weighted by atomic mass is 9.93. The largest absolute Gasteiger partial charge is 0.490 e. The van der Waals surface area contributed by atoms with Crippen LogP contribution in [0.25, 0.3) is 0 Å². The monoisotopic (exact) mass is 440 g/mol. The Kier molecular flexibility index (Phi) is 8.87. The Morgan fingerprint density at radius 3 is 2.35 bits per heavy atom. The van der Waals surface area contributed by atoms with E-state index in [1.54, 1.807) is 0 Å². The summed E-state index contributed by atoms with van der Waals surface area (Å²) < 4.78 is 43.7. The average Bonchev–Trinajstić information content (AvgIpc) is 2.75. The number of hydrogen-bond acceptors (Lipinski definition) is 3. The number of ether oxygens (including phenoxy) is 1. The van der Waals surface area contributed by atoms with Gasteiger partial charge in [0.2, 0.25) is 0 Å². The highest BCUT2D eigenvalue weighted by molar-refractivity contribution is 5.80. The van der Waals surface area contributed by atoms with E-state index in [0.29, 0.717) is 25.6 Å². The van der Waals surface area contributed by atoms with Gasteiger partial charge in [-0.05, 0) is 57.3 Å². The summed E-state index contributed by atoms with van der Waals surface area (Å²) >= 11 is 0. The number of nitrogens with zero attached hydrogens (tertiary/aromatic N) is 3. The minimum Gasteiger partial charge on any atom is -0.490 e. The quantitative estimate of drug-likeness (QED) is 0.511. The molecule has 0 unspecified atom stereocenters. The standard InChI is InChI=1S/C23H35F3N4O/c1-2-27-22(28-13-8-19-9-14-29(15-10-19)18-23(24,25)26)30-16-11-21(12-17-30)31-20-6-4-3-5-7-20/h3-7,19,21H,2,8-18H2,1H3,(H,27,28). The minimum atomic E-state index is -4.10. The Morgan fingerprint density at radius 2 is 1.74 bits per heavy atom. The molecule has 2 saturated heterocycles. The van der Waals surface area contributed by atoms with Crippen molar-refractivity contribution >= 4 is 5.96 Å². The molecule has 0 bridgehead atoms. The first-order chi connectivity index (χ1) is 14.9. The van der Waals surface area contributed by atoms with Crippen LogP contribution >= 0.6 is 0 Å². The zero-order chi connectivity index (χ0) is 22.1. The van der Waals surface area contributed by atoms with Gasteiger partial charge in [0.15, 0.2) is 5.96 Å². The van der Waals surface area contributed by atoms with Gasteiger partial charge in [-0.25, -0.2) is 0 Å². The zero-order valence-electron chi connectivity index (χ0n) is 18.4. The predicted molar refractivity (Wildman–Crippen MR) is 117 cm³/mol. The van der Waals surface area contributed by atoms with Crippen LogP contribution in [0.1, 0.15) is 39.0 Å². The molecule has 2 heterocycles. The summed E-state index contributed by atoms with van der Waals surface area (Å²) in [5.74, 6) is 2.32. The van der Waals surface area contributed by atoms with E-state index >= 15 is 0 Å². The normalized spacial score (nSPS) is 20.1. The van der Waals surface area contributed by atoms with Crippen LogP contribution in [-0.2, 0) is 0 Å². The lowest BCUT2D eigenvalue weighted by molar-refractivity contribution is -0.148. The van der Waals surface area contributed by atoms with Crippen LogP contribution in [0.2, 0.25) is 0 Å². The number of guanidine groups is 1. The second-order valence-corrected chi connectivity index (χ2v) is 8.48. The number of piperidine rings is 2. The van der Waals surface area contributed by atoms with Crippen molar-refractivity contribution in [2.75, 3.05) is 45.8 Å². The molecule has 2 fully saturated rings. The Balaban J connectivity index is 1.40. The lowest BCUT2D eigenvalue weighted by Gasteiger charge is -2.34. The summed E-state index contributed by atoms with van der Waals surface area (Å²) in [6.07, 6.45) is 0.617. The Hall–Kier alpha value is -1.96. The first kappa shape index (κ1) is 23.7. The molecule has 0 saturated carbocycles. The van der Waals surface area contributed by atoms with Crippen LogP contribution in [0, 0.1) is 5.92 Å². The first-order valence-electron chi connectivity index (χ1n) is 11.5. The fraction of sp³-hybridized carbons (Fsp3) is 0.696. The number of para-hydroxylation sites is 1. The summed E-state index contributed by atoms with van der Waals surface area (Å²) in [5.41, 5.74) is 0. The molecule has 8 heteroatoms. The highest BCUT2D eigenvalue weighted by Gasteiger charge is 2.32. The van der Waals surface area contributed by atoms with Crippen molar-refractivity contribution in [2.24, 2.45) is 10.9 Å². The van der Waals surface area contributed by atoms with Crippen molar-refractivity contribution in [3.8, 4) is 5.75 Å². The lowest BCUT2D eigenvalue weighted by Crippen LogP contribution is -2.47. The van der Waals surface area contributed by atoms with Crippen LogP contribution in [0.3, 0.4) is 0 Å². The molecule has 1 N–H and O–H groups in total. The molecule has 1 aromatic rings. The van der Waals surface area contributed by atoms with E-state index in [1.165, 1.54) is 4.90 Å². The van der Waals surface area contributed by atoms with Crippen molar-refractivity contribution in [1.82, 2.24) is 15.1 Å². The third-order valence-corrected chi connectivity index (χ3v) is 6.03. The molecule has 0 aliphatic carbocycles. The third-order valence-electron chi connectivity index (χ3n) is 6.03. The molecule has 5 nitrogen and oxygen atoms in total. The summed E-state index contributed by atoms with van der Waals surface area (Å²) in [4.78, 5) is 8.63. The molecular weight excluding hydrogens is 405 g/mol. The molecule has 0 aromatic heterocycles. The van der Waals surface area contributed by atoms with Gasteiger partial charge in [-0.2, -0.15) is 13.2 Å². The number of aliphatic imine (C=N–C) groups is 1. The van der Waals surface area contributed by atoms with Crippen LogP contribution in [0.4, 0.5) is 13.2 Å². The number of nitrogens with one attached hydrogen (secondary N) is 1. The molecule has 31 heavy (non-hydrogen) atoms. The van der Waals surface area contributed by atoms with Crippen LogP contribution in [0.5, 0.6) is 5.75 Å². The smallest absolute Gasteiger partial charge is 0.401 e. The van der Waals surface area contributed by atoms with Crippen molar-refractivity contribution in [3.05, 3.63) is 30.3 Å². The van der Waals surface area contributed by atoms with Crippen molar-refractivity contribution in [2.45, 2.75) is 51.3 Å². The maximum atomic E-state index is 12.5. The molecule has 2 aliphatic rings. The number of hydrogen-bond donors (Lipinski definition) is 1. The van der Waals surface area contributed by atoms with Gasteiger partial charge < -0.3 is 15.0 Å². The fourth-order valence-electron chi connectivity index (χ4n) is 4.34. The molecule has 0 atom stereocenters. The molecule has 0 radical (unpaired) electrons. The van der Waals surface area contributed by atoms with E-state index in [1.807, 2.05) is 30.3 Å². The van der Waals surface area contributed by atoms with Gasteiger partial charge in [0, 0.05) is 39.0 Å². The van der Waals surface area contributed by atoms with Gasteiger partial charge in [-0.3, -0.25) is 9.89 Å². The third kappa shape index (κ3) is 8.24. The van der Waals surface area contributed by atoms with Crippen LogP contribution in [0.15, 0.2) is 35.3 Å². The van der Waals surface area contributed by atoms with E-state index in [4.69, 9.17) is 9.73 Å². The molecule has 174 valence electrons. The van der Waals surface area contributed by atoms with Gasteiger partial charge in [0.1, 0.15) is 11.9 Å². The number of halogens is 3. The zero-order valence-corrected chi connectivity index (χ0v) is 18.4. The van der Waals surface area contributed by atoms with Crippen LogP contribution < -0.4 is 10.1 Å². The molecule has 0 amide bonds.